The third-order valence-electron chi connectivity index (χ3n) is 2.44. The normalized spacial score (nSPS) is 10.5. The van der Waals surface area contributed by atoms with Gasteiger partial charge in [-0.2, -0.15) is 5.10 Å². The highest BCUT2D eigenvalue weighted by atomic mass is 79.9. The van der Waals surface area contributed by atoms with Crippen LogP contribution in [0.4, 0.5) is 0 Å². The smallest absolute Gasteiger partial charge is 0.271 e. The summed E-state index contributed by atoms with van der Waals surface area (Å²) in [7, 11) is 0. The molecule has 0 unspecified atom stereocenters. The first-order valence-electron chi connectivity index (χ1n) is 6.11. The van der Waals surface area contributed by atoms with Crippen molar-refractivity contribution >= 4 is 39.4 Å². The lowest BCUT2D eigenvalue weighted by Gasteiger charge is -2.04. The van der Waals surface area contributed by atoms with Crippen LogP contribution in [0.15, 0.2) is 57.9 Å². The number of hydrogen-bond donors (Lipinski definition) is 1. The Morgan fingerprint density at radius 2 is 2.10 bits per heavy atom. The molecule has 0 fully saturated rings. The van der Waals surface area contributed by atoms with Crippen molar-refractivity contribution in [1.82, 2.24) is 5.43 Å². The average Bonchev–Trinajstić information content (AvgIpc) is 2.91. The summed E-state index contributed by atoms with van der Waals surface area (Å²) in [4.78, 5) is 12.8. The molecule has 21 heavy (non-hydrogen) atoms. The van der Waals surface area contributed by atoms with Gasteiger partial charge in [0.25, 0.3) is 5.91 Å². The molecular formula is C15H13BrN2O2S. The molecule has 0 bridgehead atoms. The van der Waals surface area contributed by atoms with Crippen LogP contribution >= 0.6 is 27.3 Å². The predicted molar refractivity (Wildman–Crippen MR) is 89.2 cm³/mol. The molecule has 1 amide bonds. The number of hydrazone groups is 1. The van der Waals surface area contributed by atoms with Gasteiger partial charge in [0, 0.05) is 10.4 Å². The van der Waals surface area contributed by atoms with Crippen molar-refractivity contribution in [1.29, 1.82) is 0 Å². The Labute approximate surface area is 135 Å². The topological polar surface area (TPSA) is 50.7 Å². The Bertz CT molecular complexity index is 650. The second kappa shape index (κ2) is 7.75. The third kappa shape index (κ3) is 4.84. The molecule has 0 saturated heterocycles. The molecule has 6 heteroatoms. The molecule has 108 valence electrons. The molecule has 4 nitrogen and oxygen atoms in total. The van der Waals surface area contributed by atoms with Gasteiger partial charge in [-0.1, -0.05) is 12.7 Å². The molecule has 1 N–H and O–H groups in total. The van der Waals surface area contributed by atoms with Crippen LogP contribution in [0.5, 0.6) is 5.75 Å². The number of amides is 1. The zero-order chi connectivity index (χ0) is 15.1. The minimum absolute atomic E-state index is 0.267. The molecule has 1 aromatic carbocycles. The number of carbonyl (C=O) groups excluding carboxylic acids is 1. The van der Waals surface area contributed by atoms with Crippen molar-refractivity contribution < 1.29 is 9.53 Å². The number of halogens is 1. The Morgan fingerprint density at radius 3 is 2.71 bits per heavy atom. The first kappa shape index (κ1) is 15.5. The number of nitrogens with zero attached hydrogens (tertiary/aromatic N) is 1. The highest BCUT2D eigenvalue weighted by Gasteiger charge is 2.04. The molecular weight excluding hydrogens is 352 g/mol. The molecule has 0 spiro atoms. The van der Waals surface area contributed by atoms with Crippen molar-refractivity contribution in [3.8, 4) is 5.75 Å². The fourth-order valence-corrected chi connectivity index (χ4v) is 2.77. The van der Waals surface area contributed by atoms with Gasteiger partial charge in [-0.25, -0.2) is 5.43 Å². The quantitative estimate of drug-likeness (QED) is 0.480. The van der Waals surface area contributed by atoms with Crippen LogP contribution in [0.1, 0.15) is 15.2 Å². The Hall–Kier alpha value is -1.92. The van der Waals surface area contributed by atoms with E-state index in [9.17, 15) is 4.79 Å². The molecule has 0 aliphatic carbocycles. The second-order valence-corrected chi connectivity index (χ2v) is 6.46. The number of nitrogens with one attached hydrogen (secondary N) is 1. The molecule has 1 aromatic heterocycles. The monoisotopic (exact) mass is 364 g/mol. The lowest BCUT2D eigenvalue weighted by Crippen LogP contribution is -2.17. The first-order chi connectivity index (χ1) is 10.2. The Kier molecular flexibility index (Phi) is 5.71. The number of benzene rings is 1. The predicted octanol–water partition coefficient (Wildman–Crippen LogP) is 3.84. The summed E-state index contributed by atoms with van der Waals surface area (Å²) in [6.07, 6.45) is 3.27. The van der Waals surface area contributed by atoms with Crippen LogP contribution < -0.4 is 10.2 Å². The summed E-state index contributed by atoms with van der Waals surface area (Å²) >= 11 is 4.90. The third-order valence-corrected chi connectivity index (χ3v) is 3.99. The van der Waals surface area contributed by atoms with Crippen LogP contribution in [0.2, 0.25) is 0 Å². The summed E-state index contributed by atoms with van der Waals surface area (Å²) in [5, 5.41) is 3.92. The van der Waals surface area contributed by atoms with Gasteiger partial charge in [0.2, 0.25) is 0 Å². The second-order valence-electron chi connectivity index (χ2n) is 3.97. The minimum Gasteiger partial charge on any atom is -0.490 e. The van der Waals surface area contributed by atoms with E-state index in [0.717, 1.165) is 8.66 Å². The van der Waals surface area contributed by atoms with Gasteiger partial charge in [0.05, 0.1) is 10.0 Å². The van der Waals surface area contributed by atoms with Crippen LogP contribution in [0.25, 0.3) is 0 Å². The van der Waals surface area contributed by atoms with Gasteiger partial charge >= 0.3 is 0 Å². The molecule has 2 aromatic rings. The summed E-state index contributed by atoms with van der Waals surface area (Å²) in [6, 6.07) is 10.7. The van der Waals surface area contributed by atoms with E-state index in [-0.39, 0.29) is 5.91 Å². The maximum Gasteiger partial charge on any atom is 0.271 e. The SMILES string of the molecule is C=CCOc1ccc(C(=O)N/N=C/c2ccc(Br)s2)cc1. The van der Waals surface area contributed by atoms with Gasteiger partial charge in [-0.3, -0.25) is 4.79 Å². The van der Waals surface area contributed by atoms with E-state index in [1.165, 1.54) is 11.3 Å². The van der Waals surface area contributed by atoms with Crippen LogP contribution in [-0.4, -0.2) is 18.7 Å². The number of hydrogen-bond acceptors (Lipinski definition) is 4. The van der Waals surface area contributed by atoms with Gasteiger partial charge in [0.1, 0.15) is 12.4 Å². The lowest BCUT2D eigenvalue weighted by atomic mass is 10.2. The number of carbonyl (C=O) groups is 1. The Balaban J connectivity index is 1.90. The van der Waals surface area contributed by atoms with E-state index in [0.29, 0.717) is 17.9 Å². The summed E-state index contributed by atoms with van der Waals surface area (Å²) < 4.78 is 6.37. The Morgan fingerprint density at radius 1 is 1.33 bits per heavy atom. The van der Waals surface area contributed by atoms with E-state index in [4.69, 9.17) is 4.74 Å². The summed E-state index contributed by atoms with van der Waals surface area (Å²) in [5.41, 5.74) is 3.00. The molecule has 0 saturated carbocycles. The summed E-state index contributed by atoms with van der Waals surface area (Å²) in [5.74, 6) is 0.426. The molecule has 0 aliphatic heterocycles. The first-order valence-corrected chi connectivity index (χ1v) is 7.72. The minimum atomic E-state index is -0.267. The van der Waals surface area contributed by atoms with E-state index >= 15 is 0 Å². The summed E-state index contributed by atoms with van der Waals surface area (Å²) in [6.45, 7) is 4.01. The highest BCUT2D eigenvalue weighted by molar-refractivity contribution is 9.11. The van der Waals surface area contributed by atoms with E-state index in [2.05, 4.69) is 33.0 Å². The molecule has 1 heterocycles. The van der Waals surface area contributed by atoms with Gasteiger partial charge in [-0.15, -0.1) is 11.3 Å². The van der Waals surface area contributed by atoms with Crippen molar-refractivity contribution in [2.24, 2.45) is 5.10 Å². The van der Waals surface area contributed by atoms with Crippen molar-refractivity contribution in [3.05, 3.63) is 63.3 Å². The fraction of sp³-hybridized carbons (Fsp3) is 0.0667. The van der Waals surface area contributed by atoms with E-state index in [1.807, 2.05) is 12.1 Å². The average molecular weight is 365 g/mol. The molecule has 0 aliphatic rings. The number of thiophene rings is 1. The van der Waals surface area contributed by atoms with Gasteiger partial charge in [-0.05, 0) is 52.3 Å². The number of rotatable bonds is 6. The van der Waals surface area contributed by atoms with Gasteiger partial charge in [0.15, 0.2) is 0 Å². The molecule has 0 radical (unpaired) electrons. The molecule has 2 rings (SSSR count). The highest BCUT2D eigenvalue weighted by Crippen LogP contribution is 2.20. The standard InChI is InChI=1S/C15H13BrN2O2S/c1-2-9-20-12-5-3-11(4-6-12)15(19)18-17-10-13-7-8-14(16)21-13/h2-8,10H,1,9H2,(H,18,19)/b17-10+. The van der Waals surface area contributed by atoms with Gasteiger partial charge < -0.3 is 4.74 Å². The van der Waals surface area contributed by atoms with E-state index < -0.39 is 0 Å². The molecule has 0 atom stereocenters. The maximum atomic E-state index is 11.9. The van der Waals surface area contributed by atoms with Crippen LogP contribution in [0, 0.1) is 0 Å². The zero-order valence-corrected chi connectivity index (χ0v) is 13.5. The van der Waals surface area contributed by atoms with Crippen LogP contribution in [0.3, 0.4) is 0 Å². The largest absolute Gasteiger partial charge is 0.490 e. The lowest BCUT2D eigenvalue weighted by molar-refractivity contribution is 0.0955. The van der Waals surface area contributed by atoms with Crippen molar-refractivity contribution in [3.63, 3.8) is 0 Å². The van der Waals surface area contributed by atoms with Crippen molar-refractivity contribution in [2.75, 3.05) is 6.61 Å². The van der Waals surface area contributed by atoms with Crippen LogP contribution in [-0.2, 0) is 0 Å². The maximum absolute atomic E-state index is 11.9. The fourth-order valence-electron chi connectivity index (χ4n) is 1.47. The number of ether oxygens (including phenoxy) is 1. The zero-order valence-electron chi connectivity index (χ0n) is 11.1. The van der Waals surface area contributed by atoms with E-state index in [1.54, 1.807) is 36.6 Å². The van der Waals surface area contributed by atoms with Crippen molar-refractivity contribution in [2.45, 2.75) is 0 Å².